The van der Waals surface area contributed by atoms with Gasteiger partial charge in [0.25, 0.3) is 0 Å². The predicted molar refractivity (Wildman–Crippen MR) is 434 cm³/mol. The molecule has 0 saturated carbocycles. The van der Waals surface area contributed by atoms with Gasteiger partial charge in [-0.2, -0.15) is 0 Å². The molecule has 0 aliphatic rings. The fraction of sp³-hybridized carbons (Fsp3) is 1.00. The van der Waals surface area contributed by atoms with E-state index in [0.717, 1.165) is 0 Å². The molecule has 0 atom stereocenters. The third-order valence-electron chi connectivity index (χ3n) is 10.9. The van der Waals surface area contributed by atoms with E-state index in [2.05, 4.69) is 164 Å². The Morgan fingerprint density at radius 3 is 0.237 bits per heavy atom. The van der Waals surface area contributed by atoms with Gasteiger partial charge in [0.2, 0.25) is 0 Å². The van der Waals surface area contributed by atoms with Crippen molar-refractivity contribution >= 4 is 197 Å². The summed E-state index contributed by atoms with van der Waals surface area (Å²) in [5.41, 5.74) is 0. The largest absolute Gasteiger partial charge is 0.437 e. The Labute approximate surface area is 594 Å². The highest BCUT2D eigenvalue weighted by atomic mass is 28.6. The first-order chi connectivity index (χ1) is 39.6. The van der Waals surface area contributed by atoms with Gasteiger partial charge in [-0.25, -0.2) is 0 Å². The molecule has 0 aromatic heterocycles. The summed E-state index contributed by atoms with van der Waals surface area (Å²) in [6.45, 7) is 95.9. The molecule has 0 fully saturated rings. The van der Waals surface area contributed by atoms with E-state index in [4.69, 9.17) is 90.5 Å². The van der Waals surface area contributed by atoms with Gasteiger partial charge in [-0.1, -0.05) is 0 Å². The fourth-order valence-corrected chi connectivity index (χ4v) is 130. The SMILES string of the molecule is C[Si](C)(C)O[Si](C)(C)O[Si](C)(C)O[Si](C)(C)O[Si](C)(C)O[Si](C)(C)O[Si](C)(C)O[Si](C)(C)O[Si](C)(C)O[Si](C)(C)O[Si](C)(C)O[Si](C)(C)O[Si](C)(C)O[Si](C)(C)O[Si](C)(C)O[Si](C)(C)O[Si](C)(C)O[Si](C)(C)O[Si](C)(C)O[Si](C)(C)O[Si](C)(C)O[Si](C)(C)O[Si](C)(C)O. The monoisotopic (exact) mass is 1720 g/mol. The van der Waals surface area contributed by atoms with Crippen molar-refractivity contribution in [3.63, 3.8) is 0 Å². The van der Waals surface area contributed by atoms with Crippen LogP contribution in [0, 0.1) is 0 Å². The summed E-state index contributed by atoms with van der Waals surface area (Å²) in [7, 11) is -63.5. The second kappa shape index (κ2) is 32.3. The summed E-state index contributed by atoms with van der Waals surface area (Å²) in [5, 5.41) is 0. The first-order valence-corrected chi connectivity index (χ1v) is 98.1. The molecule has 0 amide bonds. The Morgan fingerprint density at radius 2 is 0.172 bits per heavy atom. The van der Waals surface area contributed by atoms with Gasteiger partial charge >= 0.3 is 188 Å². The van der Waals surface area contributed by atoms with Crippen molar-refractivity contribution < 1.29 is 95.3 Å². The fourth-order valence-electron chi connectivity index (χ4n) is 13.6. The van der Waals surface area contributed by atoms with Crippen LogP contribution in [0.3, 0.4) is 0 Å². The third-order valence-corrected chi connectivity index (χ3v) is 97.9. The van der Waals surface area contributed by atoms with Gasteiger partial charge in [0.05, 0.1) is 0 Å². The third kappa shape index (κ3) is 45.9. The van der Waals surface area contributed by atoms with E-state index in [9.17, 15) is 4.80 Å². The Bertz CT molecular complexity index is 2220. The van der Waals surface area contributed by atoms with Gasteiger partial charge in [-0.05, 0) is 308 Å². The lowest BCUT2D eigenvalue weighted by atomic mass is 11.8. The summed E-state index contributed by atoms with van der Waals surface area (Å²) in [5.74, 6) is 0. The van der Waals surface area contributed by atoms with Crippen LogP contribution < -0.4 is 0 Å². The van der Waals surface area contributed by atoms with Gasteiger partial charge in [0, 0.05) is 0 Å². The van der Waals surface area contributed by atoms with E-state index < -0.39 is 197 Å². The molecule has 0 aliphatic carbocycles. The van der Waals surface area contributed by atoms with Crippen LogP contribution in [-0.4, -0.2) is 201 Å². The normalized spacial score (nSPS) is 16.3. The molecule has 0 rings (SSSR count). The van der Waals surface area contributed by atoms with E-state index in [1.807, 2.05) is 131 Å². The van der Waals surface area contributed by atoms with Crippen LogP contribution in [0.1, 0.15) is 0 Å². The van der Waals surface area contributed by atoms with Crippen LogP contribution >= 0.6 is 0 Å². The summed E-state index contributed by atoms with van der Waals surface area (Å²) in [4.78, 5) is 10.5. The van der Waals surface area contributed by atoms with E-state index >= 15 is 0 Å². The minimum absolute atomic E-state index is 1.74. The highest BCUT2D eigenvalue weighted by molar-refractivity contribution is 6.97. The van der Waals surface area contributed by atoms with Crippen molar-refractivity contribution in [3.8, 4) is 0 Å². The smallest absolute Gasteiger partial charge is 0.320 e. The van der Waals surface area contributed by atoms with Gasteiger partial charge in [-0.3, -0.25) is 0 Å². The molecule has 0 spiro atoms. The van der Waals surface area contributed by atoms with Crippen molar-refractivity contribution in [2.24, 2.45) is 0 Å². The van der Waals surface area contributed by atoms with Crippen molar-refractivity contribution in [1.82, 2.24) is 0 Å². The zero-order chi connectivity index (χ0) is 75.1. The molecule has 560 valence electrons. The Hall–Kier alpha value is 4.07. The van der Waals surface area contributed by atoms with Crippen molar-refractivity contribution in [3.05, 3.63) is 0 Å². The molecule has 93 heavy (non-hydrogen) atoms. The van der Waals surface area contributed by atoms with E-state index in [1.54, 1.807) is 13.1 Å². The standard InChI is InChI=1S/C47H142O23Si23/c1-71(2,3)49-73(6,7)51-75(10,11)53-77(14,15)55-79(18,19)57-81(22,23)59-83(26,27)61-85(30,31)63-87(34,35)65-89(38,39)67-91(42,43)69-93(46,47)70-92(44,45)68-90(40,41)66-88(36,37)64-86(32,33)62-84(28,29)60-82(24,25)58-80(20,21)56-78(16,17)54-76(12,13)52-74(8,9)50-72(4,5)48/h48H,1-47H3. The second-order valence-corrected chi connectivity index (χ2v) is 119. The van der Waals surface area contributed by atoms with Crippen LogP contribution in [0.25, 0.3) is 0 Å². The quantitative estimate of drug-likeness (QED) is 0.0560. The molecular weight excluding hydrogens is 1580 g/mol. The first-order valence-electron chi connectivity index (χ1n) is 32.7. The minimum atomic E-state index is -2.89. The Morgan fingerprint density at radius 1 is 0.108 bits per heavy atom. The lowest BCUT2D eigenvalue weighted by Crippen LogP contribution is -2.63. The highest BCUT2D eigenvalue weighted by Crippen LogP contribution is 2.36. The number of rotatable bonds is 44. The summed E-state index contributed by atoms with van der Waals surface area (Å²) >= 11 is 0. The van der Waals surface area contributed by atoms with Crippen molar-refractivity contribution in [2.45, 2.75) is 308 Å². The lowest BCUT2D eigenvalue weighted by Gasteiger charge is -2.45. The Balaban J connectivity index is 5.87. The maximum atomic E-state index is 10.5. The first kappa shape index (κ1) is 97.1. The minimum Gasteiger partial charge on any atom is -0.437 e. The topological polar surface area (TPSA) is 223 Å². The summed E-state index contributed by atoms with van der Waals surface area (Å²) in [6.07, 6.45) is 0. The van der Waals surface area contributed by atoms with E-state index in [-0.39, 0.29) is 0 Å². The van der Waals surface area contributed by atoms with Gasteiger partial charge < -0.3 is 95.3 Å². The van der Waals surface area contributed by atoms with Gasteiger partial charge in [-0.15, -0.1) is 0 Å². The molecule has 0 aromatic carbocycles. The van der Waals surface area contributed by atoms with E-state index in [1.165, 1.54) is 0 Å². The molecule has 0 unspecified atom stereocenters. The van der Waals surface area contributed by atoms with Gasteiger partial charge in [0.1, 0.15) is 0 Å². The number of hydrogen-bond acceptors (Lipinski definition) is 23. The molecule has 0 radical (unpaired) electrons. The summed E-state index contributed by atoms with van der Waals surface area (Å²) < 4.78 is 150. The highest BCUT2D eigenvalue weighted by Gasteiger charge is 2.56. The van der Waals surface area contributed by atoms with Crippen molar-refractivity contribution in [1.29, 1.82) is 0 Å². The molecule has 0 saturated heterocycles. The van der Waals surface area contributed by atoms with E-state index in [0.29, 0.717) is 0 Å². The molecule has 46 heteroatoms. The van der Waals surface area contributed by atoms with Crippen molar-refractivity contribution in [2.75, 3.05) is 0 Å². The average molecular weight is 1720 g/mol. The number of hydrogen-bond donors (Lipinski definition) is 1. The maximum Gasteiger partial charge on any atom is 0.320 e. The zero-order valence-electron chi connectivity index (χ0n) is 67.9. The maximum absolute atomic E-state index is 10.5. The molecule has 0 aromatic rings. The predicted octanol–water partition coefficient (Wildman–Crippen LogP) is 16.6. The van der Waals surface area contributed by atoms with Gasteiger partial charge in [0.15, 0.2) is 8.32 Å². The van der Waals surface area contributed by atoms with Crippen LogP contribution in [0.5, 0.6) is 0 Å². The molecular formula is C47H142O23Si23. The molecule has 0 heterocycles. The molecule has 0 aliphatic heterocycles. The lowest BCUT2D eigenvalue weighted by molar-refractivity contribution is 0.247. The molecule has 0 bridgehead atoms. The Kier molecular flexibility index (Phi) is 33.7. The van der Waals surface area contributed by atoms with Crippen LogP contribution in [0.2, 0.25) is 308 Å². The average Bonchev–Trinajstić information content (AvgIpc) is 1.01. The van der Waals surface area contributed by atoms with Crippen LogP contribution in [0.15, 0.2) is 0 Å². The molecule has 23 nitrogen and oxygen atoms in total. The summed E-state index contributed by atoms with van der Waals surface area (Å²) in [6, 6.07) is 0. The zero-order valence-corrected chi connectivity index (χ0v) is 90.9. The second-order valence-electron chi connectivity index (χ2n) is 35.2. The van der Waals surface area contributed by atoms with Crippen LogP contribution in [-0.2, 0) is 90.5 Å². The molecule has 1 N–H and O–H groups in total. The van der Waals surface area contributed by atoms with Crippen LogP contribution in [0.4, 0.5) is 0 Å².